The Morgan fingerprint density at radius 3 is 2.77 bits per heavy atom. The van der Waals surface area contributed by atoms with E-state index in [1.54, 1.807) is 12.1 Å². The molecule has 0 radical (unpaired) electrons. The van der Waals surface area contributed by atoms with Crippen molar-refractivity contribution in [3.05, 3.63) is 51.7 Å². The van der Waals surface area contributed by atoms with E-state index in [0.29, 0.717) is 18.0 Å². The molecule has 2 aromatic rings. The molecule has 0 bridgehead atoms. The van der Waals surface area contributed by atoms with E-state index in [-0.39, 0.29) is 36.5 Å². The summed E-state index contributed by atoms with van der Waals surface area (Å²) in [5.41, 5.74) is 1.53. The smallest absolute Gasteiger partial charge is 0.273 e. The van der Waals surface area contributed by atoms with Crippen molar-refractivity contribution in [3.63, 3.8) is 0 Å². The van der Waals surface area contributed by atoms with Gasteiger partial charge in [-0.2, -0.15) is 0 Å². The number of piperidine rings is 1. The lowest BCUT2D eigenvalue weighted by atomic mass is 9.98. The predicted molar refractivity (Wildman–Crippen MR) is 108 cm³/mol. The summed E-state index contributed by atoms with van der Waals surface area (Å²) in [5, 5.41) is 5.91. The SMILES string of the molecule is CNCC1CCCN(C(=O)c2csc(Cc3ccc(F)cc3)n2)C1.Cl.Cl. The summed E-state index contributed by atoms with van der Waals surface area (Å²) >= 11 is 1.49. The molecule has 2 heterocycles. The topological polar surface area (TPSA) is 45.2 Å². The van der Waals surface area contributed by atoms with Crippen LogP contribution in [-0.4, -0.2) is 42.5 Å². The summed E-state index contributed by atoms with van der Waals surface area (Å²) in [4.78, 5) is 19.1. The first kappa shape index (κ1) is 22.8. The van der Waals surface area contributed by atoms with Crippen molar-refractivity contribution in [1.29, 1.82) is 0 Å². The van der Waals surface area contributed by atoms with Gasteiger partial charge in [-0.1, -0.05) is 12.1 Å². The van der Waals surface area contributed by atoms with Gasteiger partial charge in [0, 0.05) is 24.9 Å². The zero-order valence-corrected chi connectivity index (χ0v) is 17.1. The summed E-state index contributed by atoms with van der Waals surface area (Å²) in [6.45, 7) is 2.55. The minimum absolute atomic E-state index is 0. The quantitative estimate of drug-likeness (QED) is 0.801. The van der Waals surface area contributed by atoms with Gasteiger partial charge < -0.3 is 10.2 Å². The molecule has 26 heavy (non-hydrogen) atoms. The summed E-state index contributed by atoms with van der Waals surface area (Å²) in [7, 11) is 1.95. The Hall–Kier alpha value is -1.21. The van der Waals surface area contributed by atoms with Gasteiger partial charge in [0.15, 0.2) is 0 Å². The van der Waals surface area contributed by atoms with Gasteiger partial charge in [0.1, 0.15) is 11.5 Å². The van der Waals surface area contributed by atoms with E-state index in [1.165, 1.54) is 23.5 Å². The molecule has 144 valence electrons. The number of carbonyl (C=O) groups is 1. The van der Waals surface area contributed by atoms with E-state index in [4.69, 9.17) is 0 Å². The predicted octanol–water partition coefficient (Wildman–Crippen LogP) is 3.79. The van der Waals surface area contributed by atoms with E-state index in [0.717, 1.165) is 43.0 Å². The van der Waals surface area contributed by atoms with Crippen LogP contribution in [0.2, 0.25) is 0 Å². The molecule has 0 saturated carbocycles. The molecule has 4 nitrogen and oxygen atoms in total. The third kappa shape index (κ3) is 5.91. The normalized spacial score (nSPS) is 16.5. The van der Waals surface area contributed by atoms with Gasteiger partial charge in [0.25, 0.3) is 5.91 Å². The maximum Gasteiger partial charge on any atom is 0.273 e. The minimum atomic E-state index is -0.241. The van der Waals surface area contributed by atoms with Gasteiger partial charge in [0.2, 0.25) is 0 Å². The molecule has 0 aliphatic carbocycles. The van der Waals surface area contributed by atoms with E-state index < -0.39 is 0 Å². The molecule has 8 heteroatoms. The van der Waals surface area contributed by atoms with Crippen LogP contribution in [0.1, 0.15) is 33.9 Å². The van der Waals surface area contributed by atoms with Crippen LogP contribution in [0.15, 0.2) is 29.6 Å². The first-order chi connectivity index (χ1) is 11.7. The number of carbonyl (C=O) groups excluding carboxylic acids is 1. The lowest BCUT2D eigenvalue weighted by Crippen LogP contribution is -2.42. The first-order valence-electron chi connectivity index (χ1n) is 8.28. The zero-order valence-electron chi connectivity index (χ0n) is 14.6. The number of rotatable bonds is 5. The Morgan fingerprint density at radius 1 is 1.35 bits per heavy atom. The van der Waals surface area contributed by atoms with Crippen LogP contribution in [0.25, 0.3) is 0 Å². The third-order valence-electron chi connectivity index (χ3n) is 4.34. The van der Waals surface area contributed by atoms with Crippen LogP contribution >= 0.6 is 36.2 Å². The molecule has 1 unspecified atom stereocenters. The van der Waals surface area contributed by atoms with Crippen molar-refractivity contribution in [2.45, 2.75) is 19.3 Å². The molecule has 1 aliphatic heterocycles. The Labute approximate surface area is 170 Å². The number of halogens is 3. The van der Waals surface area contributed by atoms with Gasteiger partial charge in [-0.05, 0) is 50.0 Å². The monoisotopic (exact) mass is 419 g/mol. The average Bonchev–Trinajstić information content (AvgIpc) is 3.05. The second-order valence-electron chi connectivity index (χ2n) is 6.25. The fourth-order valence-corrected chi connectivity index (χ4v) is 3.94. The number of benzene rings is 1. The van der Waals surface area contributed by atoms with Crippen LogP contribution in [-0.2, 0) is 6.42 Å². The van der Waals surface area contributed by atoms with Crippen LogP contribution < -0.4 is 5.32 Å². The number of thiazole rings is 1. The van der Waals surface area contributed by atoms with Crippen molar-refractivity contribution in [2.24, 2.45) is 5.92 Å². The molecule has 0 spiro atoms. The highest BCUT2D eigenvalue weighted by atomic mass is 35.5. The maximum atomic E-state index is 13.0. The molecule has 1 saturated heterocycles. The molecular weight excluding hydrogens is 396 g/mol. The summed E-state index contributed by atoms with van der Waals surface area (Å²) in [6.07, 6.45) is 2.84. The van der Waals surface area contributed by atoms with Crippen molar-refractivity contribution in [1.82, 2.24) is 15.2 Å². The Balaban J connectivity index is 0.00000169. The van der Waals surface area contributed by atoms with E-state index >= 15 is 0 Å². The van der Waals surface area contributed by atoms with Crippen LogP contribution in [0.3, 0.4) is 0 Å². The largest absolute Gasteiger partial charge is 0.337 e. The fraction of sp³-hybridized carbons (Fsp3) is 0.444. The Bertz CT molecular complexity index is 694. The molecule has 1 aromatic carbocycles. The molecule has 3 rings (SSSR count). The second-order valence-corrected chi connectivity index (χ2v) is 7.19. The third-order valence-corrected chi connectivity index (χ3v) is 5.19. The summed E-state index contributed by atoms with van der Waals surface area (Å²) in [6, 6.07) is 6.41. The standard InChI is InChI=1S/C18H22FN3OS.2ClH/c1-20-10-14-3-2-8-22(11-14)18(23)16-12-24-17(21-16)9-13-4-6-15(19)7-5-13;;/h4-7,12,14,20H,2-3,8-11H2,1H3;2*1H. The van der Waals surface area contributed by atoms with E-state index in [2.05, 4.69) is 10.3 Å². The van der Waals surface area contributed by atoms with Crippen LogP contribution in [0.5, 0.6) is 0 Å². The molecular formula is C18H24Cl2FN3OS. The van der Waals surface area contributed by atoms with Gasteiger partial charge in [-0.15, -0.1) is 36.2 Å². The first-order valence-corrected chi connectivity index (χ1v) is 9.16. The van der Waals surface area contributed by atoms with E-state index in [9.17, 15) is 9.18 Å². The van der Waals surface area contributed by atoms with Gasteiger partial charge in [0.05, 0.1) is 5.01 Å². The minimum Gasteiger partial charge on any atom is -0.337 e. The maximum absolute atomic E-state index is 13.0. The van der Waals surface area contributed by atoms with Gasteiger partial charge in [-0.3, -0.25) is 4.79 Å². The molecule has 1 N–H and O–H groups in total. The van der Waals surface area contributed by atoms with E-state index in [1.807, 2.05) is 17.3 Å². The summed E-state index contributed by atoms with van der Waals surface area (Å²) in [5.74, 6) is 0.303. The highest BCUT2D eigenvalue weighted by molar-refractivity contribution is 7.09. The summed E-state index contributed by atoms with van der Waals surface area (Å²) < 4.78 is 13.0. The van der Waals surface area contributed by atoms with Gasteiger partial charge in [-0.25, -0.2) is 9.37 Å². The average molecular weight is 420 g/mol. The zero-order chi connectivity index (χ0) is 16.9. The van der Waals surface area contributed by atoms with Crippen molar-refractivity contribution in [3.8, 4) is 0 Å². The van der Waals surface area contributed by atoms with Gasteiger partial charge >= 0.3 is 0 Å². The molecule has 1 atom stereocenters. The second kappa shape index (κ2) is 10.8. The highest BCUT2D eigenvalue weighted by Crippen LogP contribution is 2.20. The number of hydrogen-bond acceptors (Lipinski definition) is 4. The Morgan fingerprint density at radius 2 is 2.08 bits per heavy atom. The number of aromatic nitrogens is 1. The van der Waals surface area contributed by atoms with Crippen molar-refractivity contribution < 1.29 is 9.18 Å². The van der Waals surface area contributed by atoms with Crippen molar-refractivity contribution >= 4 is 42.1 Å². The molecule has 1 fully saturated rings. The highest BCUT2D eigenvalue weighted by Gasteiger charge is 2.25. The molecule has 1 aliphatic rings. The number of nitrogens with zero attached hydrogens (tertiary/aromatic N) is 2. The lowest BCUT2D eigenvalue weighted by molar-refractivity contribution is 0.0669. The number of nitrogens with one attached hydrogen (secondary N) is 1. The van der Waals surface area contributed by atoms with Crippen molar-refractivity contribution in [2.75, 3.05) is 26.7 Å². The number of amides is 1. The number of hydrogen-bond donors (Lipinski definition) is 1. The fourth-order valence-electron chi connectivity index (χ4n) is 3.13. The molecule has 1 amide bonds. The van der Waals surface area contributed by atoms with Crippen LogP contribution in [0, 0.1) is 11.7 Å². The van der Waals surface area contributed by atoms with Crippen LogP contribution in [0.4, 0.5) is 4.39 Å². The number of likely N-dealkylation sites (tertiary alicyclic amines) is 1. The molecule has 1 aromatic heterocycles. The Kier molecular flexibility index (Phi) is 9.50. The lowest BCUT2D eigenvalue weighted by Gasteiger charge is -2.32.